The molecule has 0 fully saturated rings. The van der Waals surface area contributed by atoms with Crippen molar-refractivity contribution >= 4 is 23.4 Å². The minimum absolute atomic E-state index is 0.561. The van der Waals surface area contributed by atoms with Crippen molar-refractivity contribution in [2.24, 2.45) is 7.05 Å². The van der Waals surface area contributed by atoms with Gasteiger partial charge in [0.05, 0.1) is 6.10 Å². The molecule has 0 spiro atoms. The third-order valence-corrected chi connectivity index (χ3v) is 4.04. The van der Waals surface area contributed by atoms with Gasteiger partial charge >= 0.3 is 0 Å². The van der Waals surface area contributed by atoms with E-state index in [1.807, 2.05) is 36.7 Å². The average Bonchev–Trinajstić information content (AvgIpc) is 2.61. The Labute approximate surface area is 115 Å². The van der Waals surface area contributed by atoms with Crippen LogP contribution in [0, 0.1) is 6.92 Å². The summed E-state index contributed by atoms with van der Waals surface area (Å²) >= 11 is 7.61. The van der Waals surface area contributed by atoms with Gasteiger partial charge in [-0.1, -0.05) is 17.7 Å². The van der Waals surface area contributed by atoms with Crippen LogP contribution in [0.4, 0.5) is 0 Å². The molecule has 0 saturated heterocycles. The molecule has 1 unspecified atom stereocenters. The maximum atomic E-state index is 9.51. The predicted octanol–water partition coefficient (Wildman–Crippen LogP) is 2.98. The molecule has 0 saturated carbocycles. The molecular weight excluding hydrogens is 270 g/mol. The van der Waals surface area contributed by atoms with E-state index in [9.17, 15) is 5.11 Å². The maximum absolute atomic E-state index is 9.51. The molecule has 2 rings (SSSR count). The van der Waals surface area contributed by atoms with E-state index >= 15 is 0 Å². The highest BCUT2D eigenvalue weighted by molar-refractivity contribution is 7.99. The third-order valence-electron chi connectivity index (χ3n) is 2.68. The monoisotopic (exact) mass is 283 g/mol. The van der Waals surface area contributed by atoms with Crippen molar-refractivity contribution in [1.82, 2.24) is 14.8 Å². The van der Waals surface area contributed by atoms with Crippen molar-refractivity contribution in [1.29, 1.82) is 0 Å². The zero-order valence-corrected chi connectivity index (χ0v) is 12.0. The van der Waals surface area contributed by atoms with E-state index in [1.165, 1.54) is 11.8 Å². The van der Waals surface area contributed by atoms with Gasteiger partial charge in [-0.2, -0.15) is 0 Å². The van der Waals surface area contributed by atoms with Crippen molar-refractivity contribution in [3.63, 3.8) is 0 Å². The van der Waals surface area contributed by atoms with Gasteiger partial charge in [-0.05, 0) is 43.3 Å². The van der Waals surface area contributed by atoms with Gasteiger partial charge in [0, 0.05) is 17.0 Å². The van der Waals surface area contributed by atoms with E-state index in [0.29, 0.717) is 5.02 Å². The number of halogens is 1. The molecule has 1 aromatic carbocycles. The molecule has 1 heterocycles. The quantitative estimate of drug-likeness (QED) is 0.941. The topological polar surface area (TPSA) is 50.9 Å². The zero-order valence-electron chi connectivity index (χ0n) is 10.4. The second kappa shape index (κ2) is 5.30. The molecule has 4 nitrogen and oxygen atoms in total. The van der Waals surface area contributed by atoms with Crippen molar-refractivity contribution in [3.05, 3.63) is 34.6 Å². The molecule has 18 heavy (non-hydrogen) atoms. The summed E-state index contributed by atoms with van der Waals surface area (Å²) in [5.74, 6) is 0.865. The molecule has 1 aromatic heterocycles. The molecule has 96 valence electrons. The molecule has 0 bridgehead atoms. The van der Waals surface area contributed by atoms with Crippen LogP contribution >= 0.6 is 23.4 Å². The van der Waals surface area contributed by atoms with Gasteiger partial charge in [0.15, 0.2) is 5.16 Å². The average molecular weight is 284 g/mol. The Hall–Kier alpha value is -1.04. The number of aliphatic hydroxyl groups is 1. The Morgan fingerprint density at radius 3 is 2.61 bits per heavy atom. The van der Waals surface area contributed by atoms with Gasteiger partial charge in [0.25, 0.3) is 0 Å². The smallest absolute Gasteiger partial charge is 0.195 e. The van der Waals surface area contributed by atoms with Crippen LogP contribution in [0.1, 0.15) is 24.4 Å². The highest BCUT2D eigenvalue weighted by Gasteiger charge is 2.10. The molecule has 0 aliphatic rings. The summed E-state index contributed by atoms with van der Waals surface area (Å²) in [7, 11) is 1.92. The lowest BCUT2D eigenvalue weighted by atomic mass is 10.1. The molecule has 0 radical (unpaired) electrons. The van der Waals surface area contributed by atoms with Gasteiger partial charge in [-0.3, -0.25) is 0 Å². The van der Waals surface area contributed by atoms with E-state index in [0.717, 1.165) is 21.4 Å². The van der Waals surface area contributed by atoms with Crippen LogP contribution in [0.15, 0.2) is 28.3 Å². The van der Waals surface area contributed by atoms with Crippen LogP contribution in [-0.4, -0.2) is 19.9 Å². The van der Waals surface area contributed by atoms with E-state index in [1.54, 1.807) is 6.92 Å². The highest BCUT2D eigenvalue weighted by atomic mass is 35.5. The van der Waals surface area contributed by atoms with E-state index in [4.69, 9.17) is 11.6 Å². The summed E-state index contributed by atoms with van der Waals surface area (Å²) in [5.41, 5.74) is 0.732. The Balaban J connectivity index is 2.25. The summed E-state index contributed by atoms with van der Waals surface area (Å²) in [5, 5.41) is 19.0. The lowest BCUT2D eigenvalue weighted by molar-refractivity contribution is 0.199. The Bertz CT molecular complexity index is 568. The fraction of sp³-hybridized carbons (Fsp3) is 0.333. The first-order valence-corrected chi connectivity index (χ1v) is 6.70. The maximum Gasteiger partial charge on any atom is 0.195 e. The van der Waals surface area contributed by atoms with Crippen molar-refractivity contribution in [3.8, 4) is 0 Å². The third kappa shape index (κ3) is 2.68. The lowest BCUT2D eigenvalue weighted by Gasteiger charge is -2.08. The SMILES string of the molecule is Cc1nnc(Sc2ccc(C(C)O)c(Cl)c2)n1C. The minimum atomic E-state index is -0.561. The number of hydrogen-bond acceptors (Lipinski definition) is 4. The number of benzene rings is 1. The molecule has 1 atom stereocenters. The molecule has 6 heteroatoms. The Kier molecular flexibility index (Phi) is 3.94. The number of rotatable bonds is 3. The summed E-state index contributed by atoms with van der Waals surface area (Å²) in [4.78, 5) is 0.972. The Morgan fingerprint density at radius 2 is 2.11 bits per heavy atom. The van der Waals surface area contributed by atoms with Crippen LogP contribution in [0.2, 0.25) is 5.02 Å². The van der Waals surface area contributed by atoms with Crippen LogP contribution in [-0.2, 0) is 7.05 Å². The van der Waals surface area contributed by atoms with E-state index < -0.39 is 6.10 Å². The van der Waals surface area contributed by atoms with Crippen LogP contribution in [0.25, 0.3) is 0 Å². The zero-order chi connectivity index (χ0) is 13.3. The number of nitrogens with zero attached hydrogens (tertiary/aromatic N) is 3. The molecule has 1 N–H and O–H groups in total. The normalized spacial score (nSPS) is 12.7. The largest absolute Gasteiger partial charge is 0.389 e. The number of aromatic nitrogens is 3. The summed E-state index contributed by atoms with van der Waals surface area (Å²) in [6.45, 7) is 3.60. The van der Waals surface area contributed by atoms with Crippen molar-refractivity contribution < 1.29 is 5.11 Å². The second-order valence-electron chi connectivity index (χ2n) is 4.05. The van der Waals surface area contributed by atoms with Crippen LogP contribution < -0.4 is 0 Å². The lowest BCUT2D eigenvalue weighted by Crippen LogP contribution is -1.94. The highest BCUT2D eigenvalue weighted by Crippen LogP contribution is 2.31. The first kappa shape index (κ1) is 13.4. The van der Waals surface area contributed by atoms with E-state index in [-0.39, 0.29) is 0 Å². The fourth-order valence-electron chi connectivity index (χ4n) is 1.49. The number of aryl methyl sites for hydroxylation is 1. The number of aliphatic hydroxyl groups excluding tert-OH is 1. The van der Waals surface area contributed by atoms with Crippen molar-refractivity contribution in [2.45, 2.75) is 30.0 Å². The summed E-state index contributed by atoms with van der Waals surface area (Å²) in [6, 6.07) is 5.58. The predicted molar refractivity (Wildman–Crippen MR) is 71.9 cm³/mol. The second-order valence-corrected chi connectivity index (χ2v) is 5.50. The van der Waals surface area contributed by atoms with Gasteiger partial charge in [0.2, 0.25) is 0 Å². The van der Waals surface area contributed by atoms with Crippen molar-refractivity contribution in [2.75, 3.05) is 0 Å². The van der Waals surface area contributed by atoms with Crippen LogP contribution in [0.5, 0.6) is 0 Å². The molecule has 0 amide bonds. The first-order valence-electron chi connectivity index (χ1n) is 5.50. The van der Waals surface area contributed by atoms with Gasteiger partial charge in [-0.25, -0.2) is 0 Å². The summed E-state index contributed by atoms with van der Waals surface area (Å²) < 4.78 is 1.92. The van der Waals surface area contributed by atoms with Gasteiger partial charge < -0.3 is 9.67 Å². The molecular formula is C12H14ClN3OS. The Morgan fingerprint density at radius 1 is 1.39 bits per heavy atom. The minimum Gasteiger partial charge on any atom is -0.389 e. The molecule has 0 aliphatic heterocycles. The fourth-order valence-corrected chi connectivity index (χ4v) is 2.77. The first-order chi connectivity index (χ1) is 8.49. The number of hydrogen-bond donors (Lipinski definition) is 1. The van der Waals surface area contributed by atoms with Gasteiger partial charge in [-0.15, -0.1) is 10.2 Å². The molecule has 2 aromatic rings. The standard InChI is InChI=1S/C12H14ClN3OS/c1-7(17)10-5-4-9(6-11(10)13)18-12-15-14-8(2)16(12)3/h4-7,17H,1-3H3. The van der Waals surface area contributed by atoms with E-state index in [2.05, 4.69) is 10.2 Å². The van der Waals surface area contributed by atoms with Gasteiger partial charge in [0.1, 0.15) is 5.82 Å². The summed E-state index contributed by atoms with van der Waals surface area (Å²) in [6.07, 6.45) is -0.561. The van der Waals surface area contributed by atoms with Crippen LogP contribution in [0.3, 0.4) is 0 Å². The molecule has 0 aliphatic carbocycles.